The molecule has 3 heterocycles. The summed E-state index contributed by atoms with van der Waals surface area (Å²) in [6, 6.07) is 8.33. The number of nitrogens with zero attached hydrogens (tertiary/aromatic N) is 5. The monoisotopic (exact) mass is 317 g/mol. The van der Waals surface area contributed by atoms with E-state index < -0.39 is 11.9 Å². The molecular formula is C15H10F3N5. The van der Waals surface area contributed by atoms with Crippen molar-refractivity contribution in [2.24, 2.45) is 0 Å². The molecular weight excluding hydrogens is 307 g/mol. The Balaban J connectivity index is 2.05. The second kappa shape index (κ2) is 4.55. The van der Waals surface area contributed by atoms with Gasteiger partial charge >= 0.3 is 6.18 Å². The first-order valence-corrected chi connectivity index (χ1v) is 6.81. The Kier molecular flexibility index (Phi) is 2.72. The quantitative estimate of drug-likeness (QED) is 0.540. The highest BCUT2D eigenvalue weighted by atomic mass is 19.4. The van der Waals surface area contributed by atoms with Gasteiger partial charge in [0.1, 0.15) is 16.9 Å². The van der Waals surface area contributed by atoms with Crippen LogP contribution in [0, 0.1) is 6.92 Å². The number of pyridine rings is 1. The van der Waals surface area contributed by atoms with Crippen molar-refractivity contribution in [2.45, 2.75) is 13.1 Å². The van der Waals surface area contributed by atoms with Crippen LogP contribution in [0.25, 0.3) is 21.9 Å². The fraction of sp³-hybridized carbons (Fsp3) is 0.133. The lowest BCUT2D eigenvalue weighted by Gasteiger charge is -2.08. The van der Waals surface area contributed by atoms with Crippen molar-refractivity contribution >= 4 is 21.9 Å². The molecule has 0 amide bonds. The van der Waals surface area contributed by atoms with Crippen molar-refractivity contribution in [3.05, 3.63) is 54.2 Å². The molecule has 23 heavy (non-hydrogen) atoms. The van der Waals surface area contributed by atoms with E-state index in [1.807, 2.05) is 24.3 Å². The summed E-state index contributed by atoms with van der Waals surface area (Å²) in [5.74, 6) is 0.523. The highest BCUT2D eigenvalue weighted by Gasteiger charge is 2.34. The predicted molar refractivity (Wildman–Crippen MR) is 77.8 cm³/mol. The van der Waals surface area contributed by atoms with Crippen LogP contribution < -0.4 is 0 Å². The molecule has 0 fully saturated rings. The van der Waals surface area contributed by atoms with Crippen molar-refractivity contribution in [1.29, 1.82) is 0 Å². The number of hydrogen-bond acceptors (Lipinski definition) is 3. The van der Waals surface area contributed by atoms with Crippen LogP contribution >= 0.6 is 0 Å². The lowest BCUT2D eigenvalue weighted by atomic mass is 10.2. The van der Waals surface area contributed by atoms with Gasteiger partial charge in [-0.2, -0.15) is 18.0 Å². The molecule has 0 unspecified atom stereocenters. The lowest BCUT2D eigenvalue weighted by Crippen LogP contribution is -2.14. The molecule has 0 spiro atoms. The summed E-state index contributed by atoms with van der Waals surface area (Å²) in [7, 11) is 0. The molecule has 116 valence electrons. The van der Waals surface area contributed by atoms with E-state index in [0.717, 1.165) is 21.8 Å². The number of fused-ring (bicyclic) bond motifs is 3. The number of para-hydroxylation sites is 1. The zero-order valence-electron chi connectivity index (χ0n) is 11.9. The minimum atomic E-state index is -4.49. The van der Waals surface area contributed by atoms with Crippen LogP contribution in [0.2, 0.25) is 0 Å². The molecule has 0 aliphatic rings. The molecule has 0 N–H and O–H groups in total. The Morgan fingerprint density at radius 1 is 1.04 bits per heavy atom. The molecule has 0 aliphatic carbocycles. The van der Waals surface area contributed by atoms with Crippen LogP contribution in [0.3, 0.4) is 0 Å². The SMILES string of the molecule is Cc1nc2cnc3ccccc3c2n1-n1ccc(C(F)(F)F)n1. The molecule has 5 nitrogen and oxygen atoms in total. The van der Waals surface area contributed by atoms with Crippen LogP contribution in [-0.2, 0) is 6.18 Å². The fourth-order valence-electron chi connectivity index (χ4n) is 2.63. The number of rotatable bonds is 1. The van der Waals surface area contributed by atoms with Crippen molar-refractivity contribution < 1.29 is 13.2 Å². The smallest absolute Gasteiger partial charge is 0.254 e. The summed E-state index contributed by atoms with van der Waals surface area (Å²) in [5, 5.41) is 4.44. The van der Waals surface area contributed by atoms with Gasteiger partial charge in [-0.15, -0.1) is 5.10 Å². The van der Waals surface area contributed by atoms with Gasteiger partial charge in [-0.3, -0.25) is 4.98 Å². The predicted octanol–water partition coefficient (Wildman–Crippen LogP) is 3.42. The number of alkyl halides is 3. The number of imidazole rings is 1. The van der Waals surface area contributed by atoms with Crippen molar-refractivity contribution in [3.63, 3.8) is 0 Å². The van der Waals surface area contributed by atoms with Gasteiger partial charge in [0.15, 0.2) is 5.69 Å². The third-order valence-electron chi connectivity index (χ3n) is 3.60. The number of halogens is 3. The molecule has 0 radical (unpaired) electrons. The topological polar surface area (TPSA) is 48.5 Å². The van der Waals surface area contributed by atoms with Crippen molar-refractivity contribution in [1.82, 2.24) is 24.5 Å². The minimum Gasteiger partial charge on any atom is -0.254 e. The zero-order chi connectivity index (χ0) is 16.2. The molecule has 0 saturated carbocycles. The van der Waals surface area contributed by atoms with Gasteiger partial charge in [-0.1, -0.05) is 18.2 Å². The summed E-state index contributed by atoms with van der Waals surface area (Å²) in [6.45, 7) is 1.71. The Morgan fingerprint density at radius 2 is 1.83 bits per heavy atom. The van der Waals surface area contributed by atoms with Gasteiger partial charge in [0.2, 0.25) is 0 Å². The van der Waals surface area contributed by atoms with Crippen LogP contribution in [0.4, 0.5) is 13.2 Å². The second-order valence-corrected chi connectivity index (χ2v) is 5.10. The number of benzene rings is 1. The minimum absolute atomic E-state index is 0.523. The summed E-state index contributed by atoms with van der Waals surface area (Å²) in [6.07, 6.45) is -1.61. The van der Waals surface area contributed by atoms with E-state index in [1.54, 1.807) is 17.8 Å². The Hall–Kier alpha value is -2.90. The maximum absolute atomic E-state index is 12.8. The van der Waals surface area contributed by atoms with Gasteiger partial charge in [0, 0.05) is 5.39 Å². The van der Waals surface area contributed by atoms with Crippen LogP contribution in [0.5, 0.6) is 0 Å². The number of aromatic nitrogens is 5. The maximum Gasteiger partial charge on any atom is 0.435 e. The Morgan fingerprint density at radius 3 is 2.57 bits per heavy atom. The molecule has 3 aromatic heterocycles. The average Bonchev–Trinajstić information content (AvgIpc) is 3.10. The summed E-state index contributed by atoms with van der Waals surface area (Å²) in [5.41, 5.74) is 1.07. The van der Waals surface area contributed by atoms with Crippen LogP contribution in [-0.4, -0.2) is 24.5 Å². The zero-order valence-corrected chi connectivity index (χ0v) is 11.9. The van der Waals surface area contributed by atoms with Crippen molar-refractivity contribution in [2.75, 3.05) is 0 Å². The molecule has 1 aromatic carbocycles. The van der Waals surface area contributed by atoms with E-state index in [2.05, 4.69) is 15.1 Å². The van der Waals surface area contributed by atoms with E-state index in [0.29, 0.717) is 16.9 Å². The van der Waals surface area contributed by atoms with Gasteiger partial charge in [-0.05, 0) is 19.1 Å². The van der Waals surface area contributed by atoms with Crippen LogP contribution in [0.15, 0.2) is 42.7 Å². The molecule has 0 aliphatic heterocycles. The first kappa shape index (κ1) is 13.7. The standard InChI is InChI=1S/C15H10F3N5/c1-9-20-12-8-19-11-5-3-2-4-10(11)14(12)23(9)22-7-6-13(21-22)15(16,17)18/h2-8H,1H3. The first-order valence-electron chi connectivity index (χ1n) is 6.81. The first-order chi connectivity index (χ1) is 10.9. The van der Waals surface area contributed by atoms with E-state index in [1.165, 1.54) is 6.20 Å². The second-order valence-electron chi connectivity index (χ2n) is 5.10. The molecule has 4 rings (SSSR count). The van der Waals surface area contributed by atoms with E-state index in [-0.39, 0.29) is 0 Å². The summed E-state index contributed by atoms with van der Waals surface area (Å²) < 4.78 is 39.9. The molecule has 0 atom stereocenters. The third kappa shape index (κ3) is 2.06. The lowest BCUT2D eigenvalue weighted by molar-refractivity contribution is -0.141. The van der Waals surface area contributed by atoms with Crippen LogP contribution in [0.1, 0.15) is 11.5 Å². The van der Waals surface area contributed by atoms with Gasteiger partial charge in [-0.25, -0.2) is 9.66 Å². The molecule has 8 heteroatoms. The van der Waals surface area contributed by atoms with Gasteiger partial charge in [0.05, 0.1) is 17.9 Å². The summed E-state index contributed by atoms with van der Waals surface area (Å²) >= 11 is 0. The maximum atomic E-state index is 12.8. The van der Waals surface area contributed by atoms with E-state index in [4.69, 9.17) is 0 Å². The largest absolute Gasteiger partial charge is 0.435 e. The summed E-state index contributed by atoms with van der Waals surface area (Å²) in [4.78, 5) is 9.84. The normalized spacial score (nSPS) is 12.3. The number of hydrogen-bond donors (Lipinski definition) is 0. The highest BCUT2D eigenvalue weighted by Crippen LogP contribution is 2.28. The highest BCUT2D eigenvalue weighted by molar-refractivity contribution is 6.02. The number of aryl methyl sites for hydroxylation is 1. The van der Waals surface area contributed by atoms with E-state index >= 15 is 0 Å². The van der Waals surface area contributed by atoms with Gasteiger partial charge < -0.3 is 0 Å². The van der Waals surface area contributed by atoms with Crippen molar-refractivity contribution in [3.8, 4) is 0 Å². The van der Waals surface area contributed by atoms with E-state index in [9.17, 15) is 13.2 Å². The fourth-order valence-corrected chi connectivity index (χ4v) is 2.63. The van der Waals surface area contributed by atoms with Gasteiger partial charge in [0.25, 0.3) is 0 Å². The third-order valence-corrected chi connectivity index (χ3v) is 3.60. The Labute approximate surface area is 128 Å². The molecule has 0 saturated heterocycles. The molecule has 0 bridgehead atoms. The average molecular weight is 317 g/mol. The Bertz CT molecular complexity index is 1030. The molecule has 4 aromatic rings.